The van der Waals surface area contributed by atoms with Crippen LogP contribution in [0.15, 0.2) is 30.5 Å². The minimum absolute atomic E-state index is 0.342. The lowest BCUT2D eigenvalue weighted by Crippen LogP contribution is -2.25. The summed E-state index contributed by atoms with van der Waals surface area (Å²) in [6, 6.07) is 8.57. The van der Waals surface area contributed by atoms with Crippen LogP contribution in [0.5, 0.6) is 11.5 Å². The van der Waals surface area contributed by atoms with Gasteiger partial charge in [-0.2, -0.15) is 0 Å². The molecule has 0 saturated carbocycles. The van der Waals surface area contributed by atoms with E-state index in [-0.39, 0.29) is 0 Å². The van der Waals surface area contributed by atoms with E-state index in [0.717, 1.165) is 42.7 Å². The van der Waals surface area contributed by atoms with Gasteiger partial charge in [-0.15, -0.1) is 0 Å². The summed E-state index contributed by atoms with van der Waals surface area (Å²) in [5, 5.41) is 0. The molecule has 1 aromatic carbocycles. The molecule has 0 N–H and O–H groups in total. The van der Waals surface area contributed by atoms with Crippen molar-refractivity contribution in [3.05, 3.63) is 41.7 Å². The summed E-state index contributed by atoms with van der Waals surface area (Å²) in [5.41, 5.74) is 2.28. The van der Waals surface area contributed by atoms with Gasteiger partial charge in [-0.25, -0.2) is 9.97 Å². The third kappa shape index (κ3) is 3.26. The molecule has 0 bridgehead atoms. The standard InChI is InChI=1S/C19H24N4O2/c1-22(2)19-20-9-8-14(21-19)13-23-10-4-6-16(23)15-5-3-7-17-18(15)25-12-11-24-17/h3,5,7-9,16H,4,6,10-13H2,1-2H3. The van der Waals surface area contributed by atoms with Crippen LogP contribution in [0.3, 0.4) is 0 Å². The van der Waals surface area contributed by atoms with Crippen molar-refractivity contribution in [3.63, 3.8) is 0 Å². The van der Waals surface area contributed by atoms with Gasteiger partial charge in [0.1, 0.15) is 13.2 Å². The average molecular weight is 340 g/mol. The van der Waals surface area contributed by atoms with Crippen LogP contribution in [0.1, 0.15) is 30.1 Å². The Labute approximate surface area is 148 Å². The number of hydrogen-bond donors (Lipinski definition) is 0. The Morgan fingerprint density at radius 3 is 2.96 bits per heavy atom. The SMILES string of the molecule is CN(C)c1nccc(CN2CCCC2c2cccc3c2OCCO3)n1. The van der Waals surface area contributed by atoms with Crippen LogP contribution in [0.25, 0.3) is 0 Å². The van der Waals surface area contributed by atoms with Crippen molar-refractivity contribution in [2.45, 2.75) is 25.4 Å². The van der Waals surface area contributed by atoms with E-state index in [2.05, 4.69) is 27.0 Å². The molecular weight excluding hydrogens is 316 g/mol. The Bertz CT molecular complexity index is 750. The summed E-state index contributed by atoms with van der Waals surface area (Å²) >= 11 is 0. The minimum Gasteiger partial charge on any atom is -0.486 e. The summed E-state index contributed by atoms with van der Waals surface area (Å²) in [4.78, 5) is 13.4. The summed E-state index contributed by atoms with van der Waals surface area (Å²) in [6.07, 6.45) is 4.15. The lowest BCUT2D eigenvalue weighted by molar-refractivity contribution is 0.163. The normalized spacial score (nSPS) is 19.8. The maximum absolute atomic E-state index is 5.93. The highest BCUT2D eigenvalue weighted by Crippen LogP contribution is 2.43. The van der Waals surface area contributed by atoms with E-state index < -0.39 is 0 Å². The molecule has 132 valence electrons. The van der Waals surface area contributed by atoms with Gasteiger partial charge in [0.05, 0.1) is 5.69 Å². The molecule has 1 fully saturated rings. The first-order valence-electron chi connectivity index (χ1n) is 8.84. The molecule has 6 nitrogen and oxygen atoms in total. The highest BCUT2D eigenvalue weighted by molar-refractivity contribution is 5.49. The molecule has 3 heterocycles. The maximum Gasteiger partial charge on any atom is 0.225 e. The monoisotopic (exact) mass is 340 g/mol. The second kappa shape index (κ2) is 6.88. The number of benzene rings is 1. The Balaban J connectivity index is 1.58. The fourth-order valence-corrected chi connectivity index (χ4v) is 3.62. The number of ether oxygens (including phenoxy) is 2. The molecule has 4 rings (SSSR count). The van der Waals surface area contributed by atoms with Crippen LogP contribution in [-0.2, 0) is 6.54 Å². The summed E-state index contributed by atoms with van der Waals surface area (Å²) in [7, 11) is 3.93. The maximum atomic E-state index is 5.93. The van der Waals surface area contributed by atoms with Crippen molar-refractivity contribution in [3.8, 4) is 11.5 Å². The molecule has 0 radical (unpaired) electrons. The molecule has 1 aromatic heterocycles. The lowest BCUT2D eigenvalue weighted by Gasteiger charge is -2.28. The quantitative estimate of drug-likeness (QED) is 0.853. The number of nitrogens with zero attached hydrogens (tertiary/aromatic N) is 4. The van der Waals surface area contributed by atoms with Gasteiger partial charge in [-0.3, -0.25) is 4.90 Å². The minimum atomic E-state index is 0.342. The van der Waals surface area contributed by atoms with E-state index in [1.165, 1.54) is 12.0 Å². The molecule has 0 aliphatic carbocycles. The van der Waals surface area contributed by atoms with Crippen molar-refractivity contribution in [2.75, 3.05) is 38.8 Å². The Morgan fingerprint density at radius 1 is 1.20 bits per heavy atom. The number of aromatic nitrogens is 2. The number of para-hydroxylation sites is 1. The summed E-state index contributed by atoms with van der Waals surface area (Å²) in [6.45, 7) is 3.13. The molecule has 1 atom stereocenters. The zero-order valence-electron chi connectivity index (χ0n) is 14.8. The van der Waals surface area contributed by atoms with Gasteiger partial charge in [0.15, 0.2) is 11.5 Å². The van der Waals surface area contributed by atoms with Gasteiger partial charge in [0.25, 0.3) is 0 Å². The second-order valence-corrected chi connectivity index (χ2v) is 6.74. The number of fused-ring (bicyclic) bond motifs is 1. The van der Waals surface area contributed by atoms with Crippen molar-refractivity contribution < 1.29 is 9.47 Å². The van der Waals surface area contributed by atoms with Gasteiger partial charge < -0.3 is 14.4 Å². The summed E-state index contributed by atoms with van der Waals surface area (Å²) in [5.74, 6) is 2.54. The molecule has 25 heavy (non-hydrogen) atoms. The average Bonchev–Trinajstić information content (AvgIpc) is 3.09. The first-order valence-corrected chi connectivity index (χ1v) is 8.84. The van der Waals surface area contributed by atoms with Gasteiger partial charge >= 0.3 is 0 Å². The Kier molecular flexibility index (Phi) is 4.44. The van der Waals surface area contributed by atoms with Crippen molar-refractivity contribution >= 4 is 5.95 Å². The van der Waals surface area contributed by atoms with Crippen LogP contribution in [-0.4, -0.2) is 48.7 Å². The van der Waals surface area contributed by atoms with Gasteiger partial charge in [0.2, 0.25) is 5.95 Å². The fourth-order valence-electron chi connectivity index (χ4n) is 3.62. The van der Waals surface area contributed by atoms with E-state index in [9.17, 15) is 0 Å². The molecule has 0 spiro atoms. The van der Waals surface area contributed by atoms with Gasteiger partial charge in [-0.1, -0.05) is 12.1 Å². The predicted octanol–water partition coefficient (Wildman–Crippen LogP) is 2.65. The molecular formula is C19H24N4O2. The largest absolute Gasteiger partial charge is 0.486 e. The van der Waals surface area contributed by atoms with E-state index in [1.807, 2.05) is 37.3 Å². The molecule has 6 heteroatoms. The summed E-state index contributed by atoms with van der Waals surface area (Å²) < 4.78 is 11.7. The number of anilines is 1. The number of hydrogen-bond acceptors (Lipinski definition) is 6. The van der Waals surface area contributed by atoms with E-state index in [4.69, 9.17) is 9.47 Å². The molecule has 2 aliphatic heterocycles. The van der Waals surface area contributed by atoms with Crippen LogP contribution in [0.4, 0.5) is 5.95 Å². The van der Waals surface area contributed by atoms with Crippen molar-refractivity contribution in [2.24, 2.45) is 0 Å². The highest BCUT2D eigenvalue weighted by atomic mass is 16.6. The third-order valence-electron chi connectivity index (χ3n) is 4.78. The number of likely N-dealkylation sites (tertiary alicyclic amines) is 1. The van der Waals surface area contributed by atoms with Gasteiger partial charge in [0, 0.05) is 38.4 Å². The topological polar surface area (TPSA) is 50.7 Å². The molecule has 1 unspecified atom stereocenters. The van der Waals surface area contributed by atoms with Crippen molar-refractivity contribution in [1.29, 1.82) is 0 Å². The zero-order chi connectivity index (χ0) is 17.2. The highest BCUT2D eigenvalue weighted by Gasteiger charge is 2.30. The Morgan fingerprint density at radius 2 is 2.08 bits per heavy atom. The lowest BCUT2D eigenvalue weighted by atomic mass is 10.0. The van der Waals surface area contributed by atoms with E-state index in [1.54, 1.807) is 0 Å². The van der Waals surface area contributed by atoms with E-state index >= 15 is 0 Å². The van der Waals surface area contributed by atoms with Crippen LogP contribution in [0.2, 0.25) is 0 Å². The predicted molar refractivity (Wildman–Crippen MR) is 96.2 cm³/mol. The fraction of sp³-hybridized carbons (Fsp3) is 0.474. The van der Waals surface area contributed by atoms with Crippen LogP contribution < -0.4 is 14.4 Å². The molecule has 1 saturated heterocycles. The first kappa shape index (κ1) is 16.1. The van der Waals surface area contributed by atoms with Crippen LogP contribution >= 0.6 is 0 Å². The molecule has 2 aromatic rings. The second-order valence-electron chi connectivity index (χ2n) is 6.74. The smallest absolute Gasteiger partial charge is 0.225 e. The van der Waals surface area contributed by atoms with Crippen LogP contribution in [0, 0.1) is 0 Å². The molecule has 0 amide bonds. The first-order chi connectivity index (χ1) is 12.2. The van der Waals surface area contributed by atoms with Gasteiger partial charge in [-0.05, 0) is 31.5 Å². The zero-order valence-corrected chi connectivity index (χ0v) is 14.8. The van der Waals surface area contributed by atoms with Crippen molar-refractivity contribution in [1.82, 2.24) is 14.9 Å². The Hall–Kier alpha value is -2.34. The van der Waals surface area contributed by atoms with E-state index in [0.29, 0.717) is 19.3 Å². The third-order valence-corrected chi connectivity index (χ3v) is 4.78. The molecule has 2 aliphatic rings. The number of rotatable bonds is 4.